The van der Waals surface area contributed by atoms with Gasteiger partial charge in [-0.25, -0.2) is 0 Å². The summed E-state index contributed by atoms with van der Waals surface area (Å²) < 4.78 is 62.3. The van der Waals surface area contributed by atoms with Crippen molar-refractivity contribution in [3.05, 3.63) is 33.5 Å². The molecule has 10 heteroatoms. The molecule has 1 aromatic carbocycles. The first-order valence-corrected chi connectivity index (χ1v) is 9.59. The van der Waals surface area contributed by atoms with Gasteiger partial charge in [0.25, 0.3) is 0 Å². The van der Waals surface area contributed by atoms with Gasteiger partial charge >= 0.3 is 6.18 Å². The highest BCUT2D eigenvalue weighted by Crippen LogP contribution is 2.43. The standard InChI is InChI=1S/C18H21BrClF4NO3/c1-12(2)25-28-8-5-3-4-7-27-17-14(18(22,23)24)10-13(11-15(17)20)26-9-6-16(19)21/h6,10-11H,3-5,7-9H2,1-2H3/b16-6-. The summed E-state index contributed by atoms with van der Waals surface area (Å²) in [6.07, 6.45) is -1.74. The van der Waals surface area contributed by atoms with Gasteiger partial charge in [-0.2, -0.15) is 17.6 Å². The van der Waals surface area contributed by atoms with E-state index in [2.05, 4.69) is 21.1 Å². The fourth-order valence-electron chi connectivity index (χ4n) is 2.00. The Morgan fingerprint density at radius 2 is 1.82 bits per heavy atom. The zero-order chi connectivity index (χ0) is 21.2. The summed E-state index contributed by atoms with van der Waals surface area (Å²) in [6, 6.07) is 1.98. The van der Waals surface area contributed by atoms with Crippen LogP contribution in [0.2, 0.25) is 5.02 Å². The summed E-state index contributed by atoms with van der Waals surface area (Å²) in [7, 11) is 0. The Labute approximate surface area is 174 Å². The lowest BCUT2D eigenvalue weighted by atomic mass is 10.1. The Bertz CT molecular complexity index is 688. The molecule has 0 aliphatic rings. The van der Waals surface area contributed by atoms with Crippen LogP contribution in [0.1, 0.15) is 38.7 Å². The van der Waals surface area contributed by atoms with Crippen LogP contribution in [0.5, 0.6) is 11.5 Å². The Morgan fingerprint density at radius 1 is 1.14 bits per heavy atom. The number of halogens is 6. The smallest absolute Gasteiger partial charge is 0.420 e. The van der Waals surface area contributed by atoms with E-state index >= 15 is 0 Å². The van der Waals surface area contributed by atoms with Crippen LogP contribution in [0.4, 0.5) is 17.6 Å². The summed E-state index contributed by atoms with van der Waals surface area (Å²) in [5.74, 6) is -0.593. The van der Waals surface area contributed by atoms with E-state index in [1.54, 1.807) is 0 Å². The molecule has 0 saturated heterocycles. The first-order valence-electron chi connectivity index (χ1n) is 8.42. The predicted molar refractivity (Wildman–Crippen MR) is 104 cm³/mol. The average Bonchev–Trinajstić information content (AvgIpc) is 2.56. The second-order valence-corrected chi connectivity index (χ2v) is 7.03. The molecule has 28 heavy (non-hydrogen) atoms. The maximum atomic E-state index is 13.3. The third-order valence-electron chi connectivity index (χ3n) is 3.18. The third-order valence-corrected chi connectivity index (χ3v) is 3.79. The molecule has 0 aromatic heterocycles. The van der Waals surface area contributed by atoms with E-state index < -0.39 is 22.2 Å². The lowest BCUT2D eigenvalue weighted by Gasteiger charge is -2.17. The van der Waals surface area contributed by atoms with Gasteiger partial charge in [0, 0.05) is 6.07 Å². The van der Waals surface area contributed by atoms with E-state index in [1.165, 1.54) is 6.07 Å². The first kappa shape index (κ1) is 24.6. The molecule has 0 radical (unpaired) electrons. The van der Waals surface area contributed by atoms with Gasteiger partial charge in [0.1, 0.15) is 30.3 Å². The van der Waals surface area contributed by atoms with E-state index in [0.29, 0.717) is 25.9 Å². The van der Waals surface area contributed by atoms with Crippen LogP contribution in [-0.2, 0) is 11.0 Å². The Hall–Kier alpha value is -1.48. The largest absolute Gasteiger partial charge is 0.491 e. The minimum atomic E-state index is -4.68. The van der Waals surface area contributed by atoms with Crippen LogP contribution in [-0.4, -0.2) is 25.5 Å². The monoisotopic (exact) mass is 489 g/mol. The summed E-state index contributed by atoms with van der Waals surface area (Å²) in [5, 5.41) is 3.55. The molecular weight excluding hydrogens is 470 g/mol. The second kappa shape index (κ2) is 12.2. The van der Waals surface area contributed by atoms with Crippen molar-refractivity contribution in [1.82, 2.24) is 0 Å². The molecule has 0 bridgehead atoms. The number of benzene rings is 1. The lowest BCUT2D eigenvalue weighted by Crippen LogP contribution is -2.11. The first-order chi connectivity index (χ1) is 13.1. The molecule has 0 N–H and O–H groups in total. The Kier molecular flexibility index (Phi) is 10.7. The van der Waals surface area contributed by atoms with Crippen molar-refractivity contribution >= 4 is 33.2 Å². The number of rotatable bonds is 11. The maximum Gasteiger partial charge on any atom is 0.420 e. The fourth-order valence-corrected chi connectivity index (χ4v) is 2.40. The van der Waals surface area contributed by atoms with Crippen LogP contribution < -0.4 is 9.47 Å². The van der Waals surface area contributed by atoms with Crippen molar-refractivity contribution in [3.8, 4) is 11.5 Å². The molecule has 1 aromatic rings. The zero-order valence-corrected chi connectivity index (χ0v) is 17.8. The van der Waals surface area contributed by atoms with Gasteiger partial charge in [-0.05, 0) is 61.2 Å². The van der Waals surface area contributed by atoms with Crippen LogP contribution in [0.15, 0.2) is 28.1 Å². The molecule has 0 atom stereocenters. The number of alkyl halides is 3. The van der Waals surface area contributed by atoms with Crippen LogP contribution in [0, 0.1) is 0 Å². The highest BCUT2D eigenvalue weighted by molar-refractivity contribution is 9.11. The van der Waals surface area contributed by atoms with Crippen LogP contribution in [0.3, 0.4) is 0 Å². The van der Waals surface area contributed by atoms with Crippen molar-refractivity contribution in [3.63, 3.8) is 0 Å². The van der Waals surface area contributed by atoms with Crippen molar-refractivity contribution in [2.24, 2.45) is 5.16 Å². The van der Waals surface area contributed by atoms with Gasteiger partial charge in [-0.1, -0.05) is 16.8 Å². The van der Waals surface area contributed by atoms with Crippen molar-refractivity contribution in [2.45, 2.75) is 39.3 Å². The van der Waals surface area contributed by atoms with Crippen LogP contribution in [0.25, 0.3) is 0 Å². The Balaban J connectivity index is 2.66. The average molecular weight is 491 g/mol. The fraction of sp³-hybridized carbons (Fsp3) is 0.500. The molecule has 0 heterocycles. The zero-order valence-electron chi connectivity index (χ0n) is 15.4. The number of nitrogens with zero attached hydrogens (tertiary/aromatic N) is 1. The van der Waals surface area contributed by atoms with Gasteiger partial charge in [0.15, 0.2) is 4.74 Å². The number of unbranched alkanes of at least 4 members (excludes halogenated alkanes) is 2. The Morgan fingerprint density at radius 3 is 2.43 bits per heavy atom. The lowest BCUT2D eigenvalue weighted by molar-refractivity contribution is -0.139. The molecule has 0 amide bonds. The van der Waals surface area contributed by atoms with Crippen molar-refractivity contribution in [2.75, 3.05) is 19.8 Å². The molecular formula is C18H21BrClF4NO3. The van der Waals surface area contributed by atoms with E-state index in [1.807, 2.05) is 13.8 Å². The van der Waals surface area contributed by atoms with E-state index in [4.69, 9.17) is 25.9 Å². The maximum absolute atomic E-state index is 13.3. The molecule has 0 unspecified atom stereocenters. The summed E-state index contributed by atoms with van der Waals surface area (Å²) in [5.41, 5.74) is -0.243. The van der Waals surface area contributed by atoms with E-state index in [9.17, 15) is 17.6 Å². The third kappa shape index (κ3) is 9.64. The highest BCUT2D eigenvalue weighted by atomic mass is 79.9. The molecule has 158 valence electrons. The topological polar surface area (TPSA) is 40.0 Å². The molecule has 0 aliphatic carbocycles. The second-order valence-electron chi connectivity index (χ2n) is 5.87. The summed E-state index contributed by atoms with van der Waals surface area (Å²) in [6.45, 7) is 3.85. The van der Waals surface area contributed by atoms with Gasteiger partial charge in [0.05, 0.1) is 17.3 Å². The van der Waals surface area contributed by atoms with Gasteiger partial charge < -0.3 is 14.3 Å². The summed E-state index contributed by atoms with van der Waals surface area (Å²) >= 11 is 8.51. The van der Waals surface area contributed by atoms with E-state index in [0.717, 1.165) is 17.9 Å². The minimum Gasteiger partial charge on any atom is -0.491 e. The van der Waals surface area contributed by atoms with Gasteiger partial charge in [0.2, 0.25) is 0 Å². The number of hydrogen-bond donors (Lipinski definition) is 0. The number of hydrogen-bond acceptors (Lipinski definition) is 4. The quantitative estimate of drug-likeness (QED) is 0.146. The van der Waals surface area contributed by atoms with Crippen LogP contribution >= 0.6 is 27.5 Å². The molecule has 0 saturated carbocycles. The van der Waals surface area contributed by atoms with Gasteiger partial charge in [-0.3, -0.25) is 0 Å². The minimum absolute atomic E-state index is 0.0661. The molecule has 0 fully saturated rings. The van der Waals surface area contributed by atoms with E-state index in [-0.39, 0.29) is 24.0 Å². The molecule has 0 spiro atoms. The number of ether oxygens (including phenoxy) is 2. The molecule has 4 nitrogen and oxygen atoms in total. The summed E-state index contributed by atoms with van der Waals surface area (Å²) in [4.78, 5) is 5.04. The van der Waals surface area contributed by atoms with Crippen molar-refractivity contribution in [1.29, 1.82) is 0 Å². The molecule has 1 rings (SSSR count). The van der Waals surface area contributed by atoms with Crippen molar-refractivity contribution < 1.29 is 31.9 Å². The molecule has 0 aliphatic heterocycles. The normalized spacial score (nSPS) is 11.9. The predicted octanol–water partition coefficient (Wildman–Crippen LogP) is 6.90. The highest BCUT2D eigenvalue weighted by Gasteiger charge is 2.36. The van der Waals surface area contributed by atoms with Gasteiger partial charge in [-0.15, -0.1) is 0 Å². The number of oxime groups is 1. The SMILES string of the molecule is CC(C)=NOCCCCCOc1c(Cl)cc(OC/C=C(\F)Br)cc1C(F)(F)F.